The molecule has 2 heterocycles. The topological polar surface area (TPSA) is 79.4 Å². The number of imide groups is 1. The standard InChI is InChI=1S/C19H13N3O3/c1-22-18(24)14-7-6-12(9-15(14)19(22)25)17(23)21-13-8-11-4-2-3-5-16(11)20-10-13/h2-10H,1H3,(H,21,23). The number of benzene rings is 2. The summed E-state index contributed by atoms with van der Waals surface area (Å²) in [7, 11) is 1.42. The molecule has 0 atom stereocenters. The highest BCUT2D eigenvalue weighted by atomic mass is 16.2. The lowest BCUT2D eigenvalue weighted by molar-refractivity contribution is 0.0693. The first-order valence-corrected chi connectivity index (χ1v) is 7.67. The predicted octanol–water partition coefficient (Wildman–Crippen LogP) is 2.71. The normalized spacial score (nSPS) is 13.2. The molecule has 3 amide bonds. The van der Waals surface area contributed by atoms with Gasteiger partial charge in [0.25, 0.3) is 17.7 Å². The molecule has 1 N–H and O–H groups in total. The van der Waals surface area contributed by atoms with E-state index in [4.69, 9.17) is 0 Å². The number of hydrogen-bond acceptors (Lipinski definition) is 4. The summed E-state index contributed by atoms with van der Waals surface area (Å²) < 4.78 is 0. The first kappa shape index (κ1) is 15.0. The van der Waals surface area contributed by atoms with Crippen molar-refractivity contribution < 1.29 is 14.4 Å². The zero-order chi connectivity index (χ0) is 17.6. The number of pyridine rings is 1. The molecule has 1 aliphatic heterocycles. The Balaban J connectivity index is 1.63. The number of anilines is 1. The maximum Gasteiger partial charge on any atom is 0.261 e. The maximum atomic E-state index is 12.5. The van der Waals surface area contributed by atoms with Crippen molar-refractivity contribution in [2.75, 3.05) is 12.4 Å². The van der Waals surface area contributed by atoms with Crippen molar-refractivity contribution in [3.05, 3.63) is 71.4 Å². The number of hydrogen-bond donors (Lipinski definition) is 1. The fourth-order valence-electron chi connectivity index (χ4n) is 2.85. The van der Waals surface area contributed by atoms with Crippen LogP contribution in [0.3, 0.4) is 0 Å². The Labute approximate surface area is 143 Å². The number of nitrogens with zero attached hydrogens (tertiary/aromatic N) is 2. The van der Waals surface area contributed by atoms with E-state index in [0.29, 0.717) is 16.8 Å². The smallest absolute Gasteiger partial charge is 0.261 e. The summed E-state index contributed by atoms with van der Waals surface area (Å²) in [5.74, 6) is -1.12. The SMILES string of the molecule is CN1C(=O)c2ccc(C(=O)Nc3cnc4ccccc4c3)cc2C1=O. The predicted molar refractivity (Wildman–Crippen MR) is 92.6 cm³/mol. The molecule has 1 aromatic heterocycles. The van der Waals surface area contributed by atoms with Crippen molar-refractivity contribution in [1.82, 2.24) is 9.88 Å². The van der Waals surface area contributed by atoms with Crippen molar-refractivity contribution in [3.8, 4) is 0 Å². The van der Waals surface area contributed by atoms with Crippen LogP contribution in [0, 0.1) is 0 Å². The summed E-state index contributed by atoms with van der Waals surface area (Å²) in [4.78, 5) is 41.8. The summed E-state index contributed by atoms with van der Waals surface area (Å²) in [5.41, 5.74) is 2.27. The second-order valence-corrected chi connectivity index (χ2v) is 5.80. The molecule has 0 aliphatic carbocycles. The fourth-order valence-corrected chi connectivity index (χ4v) is 2.85. The molecule has 6 nitrogen and oxygen atoms in total. The zero-order valence-electron chi connectivity index (χ0n) is 13.3. The third-order valence-electron chi connectivity index (χ3n) is 4.20. The fraction of sp³-hybridized carbons (Fsp3) is 0.0526. The minimum atomic E-state index is -0.401. The van der Waals surface area contributed by atoms with Gasteiger partial charge in [0.15, 0.2) is 0 Å². The van der Waals surface area contributed by atoms with Crippen molar-refractivity contribution in [1.29, 1.82) is 0 Å². The molecule has 0 bridgehead atoms. The third kappa shape index (κ3) is 2.44. The average Bonchev–Trinajstić information content (AvgIpc) is 2.85. The molecule has 2 aromatic carbocycles. The van der Waals surface area contributed by atoms with Gasteiger partial charge in [-0.15, -0.1) is 0 Å². The van der Waals surface area contributed by atoms with Crippen molar-refractivity contribution in [2.45, 2.75) is 0 Å². The van der Waals surface area contributed by atoms with Crippen LogP contribution in [-0.2, 0) is 0 Å². The van der Waals surface area contributed by atoms with Gasteiger partial charge in [0.1, 0.15) is 0 Å². The molecule has 0 saturated heterocycles. The number of nitrogens with one attached hydrogen (secondary N) is 1. The summed E-state index contributed by atoms with van der Waals surface area (Å²) >= 11 is 0. The van der Waals surface area contributed by atoms with E-state index < -0.39 is 5.91 Å². The molecule has 0 saturated carbocycles. The van der Waals surface area contributed by atoms with Gasteiger partial charge in [0, 0.05) is 18.0 Å². The van der Waals surface area contributed by atoms with Crippen LogP contribution < -0.4 is 5.32 Å². The molecule has 4 rings (SSSR count). The lowest BCUT2D eigenvalue weighted by atomic mass is 10.1. The lowest BCUT2D eigenvalue weighted by Gasteiger charge is -2.07. The second-order valence-electron chi connectivity index (χ2n) is 5.80. The molecule has 0 fully saturated rings. The molecule has 0 radical (unpaired) electrons. The molecule has 6 heteroatoms. The van der Waals surface area contributed by atoms with Gasteiger partial charge in [0.05, 0.1) is 28.5 Å². The van der Waals surface area contributed by atoms with E-state index in [2.05, 4.69) is 10.3 Å². The number of rotatable bonds is 2. The van der Waals surface area contributed by atoms with Gasteiger partial charge in [-0.3, -0.25) is 24.3 Å². The van der Waals surface area contributed by atoms with Gasteiger partial charge >= 0.3 is 0 Å². The highest BCUT2D eigenvalue weighted by Crippen LogP contribution is 2.23. The summed E-state index contributed by atoms with van der Waals surface area (Å²) in [6.45, 7) is 0. The molecule has 0 unspecified atom stereocenters. The summed E-state index contributed by atoms with van der Waals surface area (Å²) in [6, 6.07) is 13.9. The van der Waals surface area contributed by atoms with Crippen molar-refractivity contribution >= 4 is 34.3 Å². The van der Waals surface area contributed by atoms with Crippen LogP contribution in [0.15, 0.2) is 54.7 Å². The zero-order valence-corrected chi connectivity index (χ0v) is 13.3. The van der Waals surface area contributed by atoms with E-state index >= 15 is 0 Å². The van der Waals surface area contributed by atoms with Gasteiger partial charge in [-0.05, 0) is 30.3 Å². The van der Waals surface area contributed by atoms with E-state index in [1.54, 1.807) is 6.20 Å². The second kappa shape index (κ2) is 5.52. The van der Waals surface area contributed by atoms with Gasteiger partial charge in [-0.2, -0.15) is 0 Å². The lowest BCUT2D eigenvalue weighted by Crippen LogP contribution is -2.24. The maximum absolute atomic E-state index is 12.5. The van der Waals surface area contributed by atoms with Gasteiger partial charge in [-0.25, -0.2) is 0 Å². The molecule has 1 aliphatic rings. The van der Waals surface area contributed by atoms with Crippen LogP contribution in [0.4, 0.5) is 5.69 Å². The first-order valence-electron chi connectivity index (χ1n) is 7.67. The number of amides is 3. The number of carbonyl (C=O) groups excluding carboxylic acids is 3. The minimum absolute atomic E-state index is 0.247. The van der Waals surface area contributed by atoms with Gasteiger partial charge in [-0.1, -0.05) is 18.2 Å². The molecular formula is C19H13N3O3. The Morgan fingerprint density at radius 2 is 1.76 bits per heavy atom. The van der Waals surface area contributed by atoms with Crippen LogP contribution in [-0.4, -0.2) is 34.7 Å². The van der Waals surface area contributed by atoms with Crippen molar-refractivity contribution in [2.24, 2.45) is 0 Å². The number of fused-ring (bicyclic) bond motifs is 2. The van der Waals surface area contributed by atoms with Crippen LogP contribution in [0.2, 0.25) is 0 Å². The van der Waals surface area contributed by atoms with Gasteiger partial charge < -0.3 is 5.32 Å². The average molecular weight is 331 g/mol. The largest absolute Gasteiger partial charge is 0.321 e. The van der Waals surface area contributed by atoms with Crippen LogP contribution >= 0.6 is 0 Å². The Bertz CT molecular complexity index is 1060. The van der Waals surface area contributed by atoms with E-state index in [0.717, 1.165) is 15.8 Å². The van der Waals surface area contributed by atoms with E-state index in [1.165, 1.54) is 25.2 Å². The van der Waals surface area contributed by atoms with E-state index in [1.807, 2.05) is 30.3 Å². The number of carbonyl (C=O) groups is 3. The Morgan fingerprint density at radius 3 is 2.60 bits per heavy atom. The first-order chi connectivity index (χ1) is 12.0. The summed E-state index contributed by atoms with van der Waals surface area (Å²) in [6.07, 6.45) is 1.58. The van der Waals surface area contributed by atoms with Gasteiger partial charge in [0.2, 0.25) is 0 Å². The quantitative estimate of drug-likeness (QED) is 0.732. The number of para-hydroxylation sites is 1. The third-order valence-corrected chi connectivity index (χ3v) is 4.20. The Kier molecular flexibility index (Phi) is 3.32. The minimum Gasteiger partial charge on any atom is -0.321 e. The number of aromatic nitrogens is 1. The van der Waals surface area contributed by atoms with Crippen LogP contribution in [0.1, 0.15) is 31.1 Å². The molecule has 0 spiro atoms. The van der Waals surface area contributed by atoms with E-state index in [9.17, 15) is 14.4 Å². The molecular weight excluding hydrogens is 318 g/mol. The molecule has 25 heavy (non-hydrogen) atoms. The highest BCUT2D eigenvalue weighted by molar-refractivity contribution is 6.22. The Hall–Kier alpha value is -3.54. The molecule has 3 aromatic rings. The van der Waals surface area contributed by atoms with Crippen LogP contribution in [0.5, 0.6) is 0 Å². The highest BCUT2D eigenvalue weighted by Gasteiger charge is 2.33. The van der Waals surface area contributed by atoms with Crippen LogP contribution in [0.25, 0.3) is 10.9 Å². The molecule has 122 valence electrons. The van der Waals surface area contributed by atoms with Crippen molar-refractivity contribution in [3.63, 3.8) is 0 Å². The summed E-state index contributed by atoms with van der Waals surface area (Å²) in [5, 5.41) is 3.68. The van der Waals surface area contributed by atoms with E-state index in [-0.39, 0.29) is 17.4 Å². The monoisotopic (exact) mass is 331 g/mol. The Morgan fingerprint density at radius 1 is 1.00 bits per heavy atom.